The zero-order chi connectivity index (χ0) is 22.0. The highest BCUT2D eigenvalue weighted by atomic mass is 16.4. The van der Waals surface area contributed by atoms with Crippen molar-refractivity contribution in [3.05, 3.63) is 94.9 Å². The monoisotopic (exact) mass is 412 g/mol. The number of benzene rings is 2. The van der Waals surface area contributed by atoms with Crippen molar-refractivity contribution in [2.24, 2.45) is 5.10 Å². The zero-order valence-electron chi connectivity index (χ0n) is 17.0. The van der Waals surface area contributed by atoms with E-state index in [1.54, 1.807) is 18.5 Å². The predicted octanol–water partition coefficient (Wildman–Crippen LogP) is 4.10. The molecule has 0 atom stereocenters. The molecule has 0 bridgehead atoms. The number of carbonyl (C=O) groups is 2. The van der Waals surface area contributed by atoms with E-state index in [0.717, 1.165) is 27.9 Å². The van der Waals surface area contributed by atoms with Crippen LogP contribution in [0.4, 0.5) is 0 Å². The summed E-state index contributed by atoms with van der Waals surface area (Å²) in [5.74, 6) is -1.49. The first-order valence-electron chi connectivity index (χ1n) is 9.65. The highest BCUT2D eigenvalue weighted by molar-refractivity contribution is 6.00. The molecule has 0 radical (unpaired) electrons. The fraction of sp³-hybridized carbons (Fsp3) is 0.0833. The van der Waals surface area contributed by atoms with Gasteiger partial charge in [0.05, 0.1) is 23.0 Å². The lowest BCUT2D eigenvalue weighted by Gasteiger charge is -2.14. The summed E-state index contributed by atoms with van der Waals surface area (Å²) < 4.78 is 1.81. The third kappa shape index (κ3) is 3.93. The van der Waals surface area contributed by atoms with Crippen LogP contribution in [0, 0.1) is 13.8 Å². The van der Waals surface area contributed by atoms with Crippen LogP contribution < -0.4 is 5.43 Å². The van der Waals surface area contributed by atoms with Crippen molar-refractivity contribution in [3.8, 4) is 5.69 Å². The number of carboxylic acid groups (broad SMARTS) is 1. The molecule has 7 nitrogen and oxygen atoms in total. The van der Waals surface area contributed by atoms with Crippen molar-refractivity contribution >= 4 is 29.0 Å². The van der Waals surface area contributed by atoms with Gasteiger partial charge in [0.25, 0.3) is 5.91 Å². The number of nitrogens with one attached hydrogen (secondary N) is 1. The second-order valence-corrected chi connectivity index (χ2v) is 7.11. The standard InChI is InChI=1S/C24H20N4O3/c1-15-8-9-16(2)28(15)22-13-17(10-11-20(22)24(30)31)23(29)27-26-14-18-5-3-7-21-19(18)6-4-12-25-21/h3-14H,1-2H3,(H,27,29)(H,30,31)/b26-14+. The fourth-order valence-corrected chi connectivity index (χ4v) is 3.55. The number of pyridine rings is 1. The van der Waals surface area contributed by atoms with E-state index < -0.39 is 11.9 Å². The van der Waals surface area contributed by atoms with Gasteiger partial charge in [-0.1, -0.05) is 18.2 Å². The summed E-state index contributed by atoms with van der Waals surface area (Å²) in [5.41, 5.74) is 6.79. The third-order valence-corrected chi connectivity index (χ3v) is 5.05. The van der Waals surface area contributed by atoms with Gasteiger partial charge in [0.15, 0.2) is 0 Å². The number of hydrogen-bond acceptors (Lipinski definition) is 4. The number of fused-ring (bicyclic) bond motifs is 1. The van der Waals surface area contributed by atoms with Crippen LogP contribution in [0.15, 0.2) is 72.0 Å². The minimum absolute atomic E-state index is 0.116. The maximum atomic E-state index is 12.7. The Morgan fingerprint density at radius 1 is 1.03 bits per heavy atom. The summed E-state index contributed by atoms with van der Waals surface area (Å²) in [6, 6.07) is 17.7. The van der Waals surface area contributed by atoms with Crippen LogP contribution in [0.5, 0.6) is 0 Å². The number of aromatic nitrogens is 2. The summed E-state index contributed by atoms with van der Waals surface area (Å²) in [6.45, 7) is 3.77. The van der Waals surface area contributed by atoms with Gasteiger partial charge in [-0.3, -0.25) is 9.78 Å². The molecule has 4 rings (SSSR count). The maximum absolute atomic E-state index is 12.7. The van der Waals surface area contributed by atoms with E-state index in [2.05, 4.69) is 15.5 Å². The van der Waals surface area contributed by atoms with Gasteiger partial charge < -0.3 is 9.67 Å². The zero-order valence-corrected chi connectivity index (χ0v) is 17.0. The number of carbonyl (C=O) groups excluding carboxylic acids is 1. The van der Waals surface area contributed by atoms with Crippen molar-refractivity contribution in [2.75, 3.05) is 0 Å². The van der Waals surface area contributed by atoms with Crippen molar-refractivity contribution in [3.63, 3.8) is 0 Å². The molecule has 2 aromatic heterocycles. The maximum Gasteiger partial charge on any atom is 0.337 e. The van der Waals surface area contributed by atoms with Crippen LogP contribution in [0.3, 0.4) is 0 Å². The lowest BCUT2D eigenvalue weighted by Crippen LogP contribution is -2.19. The van der Waals surface area contributed by atoms with Crippen LogP contribution in [-0.2, 0) is 0 Å². The molecule has 2 heterocycles. The van der Waals surface area contributed by atoms with E-state index >= 15 is 0 Å². The lowest BCUT2D eigenvalue weighted by molar-refractivity contribution is 0.0696. The van der Waals surface area contributed by atoms with Crippen molar-refractivity contribution in [1.29, 1.82) is 0 Å². The largest absolute Gasteiger partial charge is 0.478 e. The molecule has 0 aliphatic rings. The van der Waals surface area contributed by atoms with E-state index in [1.807, 2.05) is 60.9 Å². The number of rotatable bonds is 5. The molecule has 0 spiro atoms. The molecule has 0 saturated carbocycles. The molecule has 0 aliphatic heterocycles. The molecule has 31 heavy (non-hydrogen) atoms. The van der Waals surface area contributed by atoms with Gasteiger partial charge in [0.2, 0.25) is 0 Å². The number of aromatic carboxylic acids is 1. The molecule has 0 fully saturated rings. The number of carboxylic acids is 1. The Labute approximate surface area is 178 Å². The lowest BCUT2D eigenvalue weighted by atomic mass is 10.1. The van der Waals surface area contributed by atoms with Crippen molar-refractivity contribution in [2.45, 2.75) is 13.8 Å². The van der Waals surface area contributed by atoms with E-state index in [0.29, 0.717) is 11.3 Å². The molecule has 4 aromatic rings. The number of hydrazone groups is 1. The molecule has 0 aliphatic carbocycles. The van der Waals surface area contributed by atoms with E-state index in [1.165, 1.54) is 12.1 Å². The molecule has 0 saturated heterocycles. The first-order valence-corrected chi connectivity index (χ1v) is 9.65. The normalized spacial score (nSPS) is 11.2. The number of nitrogens with zero attached hydrogens (tertiary/aromatic N) is 3. The van der Waals surface area contributed by atoms with Gasteiger partial charge in [-0.25, -0.2) is 10.2 Å². The second kappa shape index (κ2) is 8.23. The van der Waals surface area contributed by atoms with Gasteiger partial charge in [-0.2, -0.15) is 5.10 Å². The molecule has 1 amide bonds. The molecule has 2 aromatic carbocycles. The minimum atomic E-state index is -1.06. The van der Waals surface area contributed by atoms with Crippen LogP contribution >= 0.6 is 0 Å². The van der Waals surface area contributed by atoms with Crippen LogP contribution in [0.25, 0.3) is 16.6 Å². The molecular weight excluding hydrogens is 392 g/mol. The summed E-state index contributed by atoms with van der Waals surface area (Å²) in [4.78, 5) is 28.7. The third-order valence-electron chi connectivity index (χ3n) is 5.05. The highest BCUT2D eigenvalue weighted by Crippen LogP contribution is 2.22. The first-order chi connectivity index (χ1) is 15.0. The van der Waals surface area contributed by atoms with Crippen LogP contribution in [0.1, 0.15) is 37.7 Å². The summed E-state index contributed by atoms with van der Waals surface area (Å²) in [7, 11) is 0. The van der Waals surface area contributed by atoms with Gasteiger partial charge in [-0.15, -0.1) is 0 Å². The molecule has 154 valence electrons. The Kier molecular flexibility index (Phi) is 5.32. The van der Waals surface area contributed by atoms with Gasteiger partial charge in [0, 0.05) is 34.1 Å². The van der Waals surface area contributed by atoms with E-state index in [-0.39, 0.29) is 5.56 Å². The molecule has 2 N–H and O–H groups in total. The first kappa shape index (κ1) is 20.0. The highest BCUT2D eigenvalue weighted by Gasteiger charge is 2.17. The van der Waals surface area contributed by atoms with Gasteiger partial charge in [0.1, 0.15) is 0 Å². The average molecular weight is 412 g/mol. The fourth-order valence-electron chi connectivity index (χ4n) is 3.55. The Morgan fingerprint density at radius 3 is 2.55 bits per heavy atom. The van der Waals surface area contributed by atoms with Crippen molar-refractivity contribution < 1.29 is 14.7 Å². The Hall–Kier alpha value is -4.26. The summed E-state index contributed by atoms with van der Waals surface area (Å²) in [6.07, 6.45) is 3.28. The average Bonchev–Trinajstić information content (AvgIpc) is 3.11. The molecule has 0 unspecified atom stereocenters. The Bertz CT molecular complexity index is 1310. The SMILES string of the molecule is Cc1ccc(C)n1-c1cc(C(=O)N/N=C/c2cccc3ncccc23)ccc1C(=O)O. The van der Waals surface area contributed by atoms with Crippen molar-refractivity contribution in [1.82, 2.24) is 15.0 Å². The number of amides is 1. The summed E-state index contributed by atoms with van der Waals surface area (Å²) in [5, 5.41) is 14.6. The Morgan fingerprint density at radius 2 is 1.81 bits per heavy atom. The van der Waals surface area contributed by atoms with Gasteiger partial charge >= 0.3 is 5.97 Å². The van der Waals surface area contributed by atoms with Crippen LogP contribution in [-0.4, -0.2) is 32.7 Å². The van der Waals surface area contributed by atoms with E-state index in [4.69, 9.17) is 0 Å². The molecular formula is C24H20N4O3. The van der Waals surface area contributed by atoms with Crippen LogP contribution in [0.2, 0.25) is 0 Å². The summed E-state index contributed by atoms with van der Waals surface area (Å²) >= 11 is 0. The minimum Gasteiger partial charge on any atom is -0.478 e. The smallest absolute Gasteiger partial charge is 0.337 e. The van der Waals surface area contributed by atoms with E-state index in [9.17, 15) is 14.7 Å². The molecule has 7 heteroatoms. The van der Waals surface area contributed by atoms with Gasteiger partial charge in [-0.05, 0) is 56.3 Å². The topological polar surface area (TPSA) is 96.6 Å². The quantitative estimate of drug-likeness (QED) is 0.381. The number of aryl methyl sites for hydroxylation is 2. The predicted molar refractivity (Wildman–Crippen MR) is 119 cm³/mol. The number of hydrogen-bond donors (Lipinski definition) is 2. The second-order valence-electron chi connectivity index (χ2n) is 7.11. The Balaban J connectivity index is 1.62.